The van der Waals surface area contributed by atoms with Gasteiger partial charge in [0.25, 0.3) is 11.5 Å². The number of thioether (sulfide) groups is 1. The van der Waals surface area contributed by atoms with Gasteiger partial charge in [-0.3, -0.25) is 14.2 Å². The lowest BCUT2D eigenvalue weighted by atomic mass is 10.2. The van der Waals surface area contributed by atoms with Crippen molar-refractivity contribution in [1.82, 2.24) is 19.9 Å². The predicted molar refractivity (Wildman–Crippen MR) is 85.8 cm³/mol. The van der Waals surface area contributed by atoms with Crippen LogP contribution in [0.25, 0.3) is 0 Å². The molecule has 0 unspecified atom stereocenters. The Morgan fingerprint density at radius 1 is 1.48 bits per heavy atom. The first-order valence-electron chi connectivity index (χ1n) is 7.28. The lowest BCUT2D eigenvalue weighted by Crippen LogP contribution is -2.33. The molecular formula is C15H16N4O3S. The van der Waals surface area contributed by atoms with Crippen LogP contribution in [-0.2, 0) is 13.1 Å². The van der Waals surface area contributed by atoms with E-state index in [4.69, 9.17) is 4.74 Å². The van der Waals surface area contributed by atoms with E-state index < -0.39 is 5.91 Å². The Labute approximate surface area is 137 Å². The Kier molecular flexibility index (Phi) is 4.61. The molecule has 1 aliphatic rings. The van der Waals surface area contributed by atoms with Gasteiger partial charge < -0.3 is 10.1 Å². The Morgan fingerprint density at radius 2 is 2.35 bits per heavy atom. The molecule has 0 saturated heterocycles. The summed E-state index contributed by atoms with van der Waals surface area (Å²) < 4.78 is 6.95. The quantitative estimate of drug-likeness (QED) is 0.825. The molecule has 1 aliphatic heterocycles. The van der Waals surface area contributed by atoms with E-state index in [1.165, 1.54) is 22.5 Å². The average Bonchev–Trinajstić information content (AvgIpc) is 3.04. The number of hydrogen-bond acceptors (Lipinski definition) is 6. The molecule has 0 aliphatic carbocycles. The number of ether oxygens (including phenoxy) is 1. The Hall–Kier alpha value is -2.35. The van der Waals surface area contributed by atoms with E-state index in [1.54, 1.807) is 12.3 Å². The molecule has 1 N–H and O–H groups in total. The smallest absolute Gasteiger partial charge is 0.267 e. The van der Waals surface area contributed by atoms with Crippen molar-refractivity contribution in [1.29, 1.82) is 0 Å². The first-order valence-corrected chi connectivity index (χ1v) is 8.26. The van der Waals surface area contributed by atoms with Crippen molar-refractivity contribution in [3.8, 4) is 5.88 Å². The Morgan fingerprint density at radius 3 is 3.17 bits per heavy atom. The minimum absolute atomic E-state index is 0.0538. The van der Waals surface area contributed by atoms with E-state index in [0.29, 0.717) is 24.2 Å². The molecule has 120 valence electrons. The molecule has 0 atom stereocenters. The second-order valence-corrected chi connectivity index (χ2v) is 5.91. The van der Waals surface area contributed by atoms with E-state index in [2.05, 4.69) is 15.3 Å². The molecule has 0 radical (unpaired) electrons. The van der Waals surface area contributed by atoms with E-state index in [9.17, 15) is 9.59 Å². The standard InChI is InChI=1S/C15H16N4O3S/c1-2-22-13-10(4-3-5-16-13)8-17-12(20)11-9-18-15-19(14(11)21)6-7-23-15/h3-5,9H,2,6-8H2,1H3,(H,17,20). The zero-order valence-electron chi connectivity index (χ0n) is 12.6. The third-order valence-electron chi connectivity index (χ3n) is 3.37. The maximum absolute atomic E-state index is 12.3. The topological polar surface area (TPSA) is 86.1 Å². The molecule has 7 nitrogen and oxygen atoms in total. The van der Waals surface area contributed by atoms with E-state index in [-0.39, 0.29) is 17.7 Å². The van der Waals surface area contributed by atoms with Crippen LogP contribution in [0.15, 0.2) is 34.5 Å². The number of nitrogens with zero attached hydrogens (tertiary/aromatic N) is 3. The molecule has 2 aromatic heterocycles. The summed E-state index contributed by atoms with van der Waals surface area (Å²) in [6, 6.07) is 3.59. The van der Waals surface area contributed by atoms with Crippen molar-refractivity contribution >= 4 is 17.7 Å². The van der Waals surface area contributed by atoms with Gasteiger partial charge in [-0.2, -0.15) is 0 Å². The van der Waals surface area contributed by atoms with E-state index >= 15 is 0 Å². The predicted octanol–water partition coefficient (Wildman–Crippen LogP) is 1.07. The molecule has 0 bridgehead atoms. The fourth-order valence-electron chi connectivity index (χ4n) is 2.27. The number of nitrogens with one attached hydrogen (secondary N) is 1. The number of carbonyl (C=O) groups is 1. The number of rotatable bonds is 5. The molecular weight excluding hydrogens is 316 g/mol. The fraction of sp³-hybridized carbons (Fsp3) is 0.333. The van der Waals surface area contributed by atoms with E-state index in [0.717, 1.165) is 11.3 Å². The van der Waals surface area contributed by atoms with Crippen LogP contribution in [0.3, 0.4) is 0 Å². The van der Waals surface area contributed by atoms with Crippen LogP contribution in [0, 0.1) is 0 Å². The second-order valence-electron chi connectivity index (χ2n) is 4.84. The first kappa shape index (κ1) is 15.5. The SMILES string of the molecule is CCOc1ncccc1CNC(=O)c1cnc2n(c1=O)CCS2. The van der Waals surface area contributed by atoms with Gasteiger partial charge in [-0.25, -0.2) is 9.97 Å². The summed E-state index contributed by atoms with van der Waals surface area (Å²) in [6.45, 7) is 3.18. The highest BCUT2D eigenvalue weighted by atomic mass is 32.2. The van der Waals surface area contributed by atoms with Crippen molar-refractivity contribution in [3.63, 3.8) is 0 Å². The highest BCUT2D eigenvalue weighted by Gasteiger charge is 2.20. The minimum Gasteiger partial charge on any atom is -0.478 e. The van der Waals surface area contributed by atoms with Crippen molar-refractivity contribution in [2.45, 2.75) is 25.2 Å². The van der Waals surface area contributed by atoms with Crippen LogP contribution < -0.4 is 15.6 Å². The zero-order valence-corrected chi connectivity index (χ0v) is 13.4. The maximum atomic E-state index is 12.3. The zero-order chi connectivity index (χ0) is 16.2. The summed E-state index contributed by atoms with van der Waals surface area (Å²) in [5.74, 6) is 0.845. The number of carbonyl (C=O) groups excluding carboxylic acids is 1. The van der Waals surface area contributed by atoms with E-state index in [1.807, 2.05) is 13.0 Å². The van der Waals surface area contributed by atoms with Gasteiger partial charge in [0.2, 0.25) is 5.88 Å². The summed E-state index contributed by atoms with van der Waals surface area (Å²) >= 11 is 1.52. The summed E-state index contributed by atoms with van der Waals surface area (Å²) in [7, 11) is 0. The first-order chi connectivity index (χ1) is 11.2. The van der Waals surface area contributed by atoms with Crippen molar-refractivity contribution in [2.75, 3.05) is 12.4 Å². The number of aromatic nitrogens is 3. The third-order valence-corrected chi connectivity index (χ3v) is 4.34. The van der Waals surface area contributed by atoms with Gasteiger partial charge in [0, 0.05) is 36.8 Å². The summed E-state index contributed by atoms with van der Waals surface area (Å²) in [5, 5.41) is 3.39. The van der Waals surface area contributed by atoms with Gasteiger partial charge in [-0.15, -0.1) is 0 Å². The average molecular weight is 332 g/mol. The Balaban J connectivity index is 1.75. The van der Waals surface area contributed by atoms with Crippen LogP contribution >= 0.6 is 11.8 Å². The van der Waals surface area contributed by atoms with Gasteiger partial charge >= 0.3 is 0 Å². The van der Waals surface area contributed by atoms with Gasteiger partial charge in [0.15, 0.2) is 5.16 Å². The van der Waals surface area contributed by atoms with Gasteiger partial charge in [0.05, 0.1) is 6.61 Å². The number of fused-ring (bicyclic) bond motifs is 1. The largest absolute Gasteiger partial charge is 0.478 e. The van der Waals surface area contributed by atoms with Crippen molar-refractivity contribution in [3.05, 3.63) is 46.0 Å². The second kappa shape index (κ2) is 6.82. The molecule has 8 heteroatoms. The molecule has 3 rings (SSSR count). The minimum atomic E-state index is -0.444. The molecule has 23 heavy (non-hydrogen) atoms. The molecule has 2 aromatic rings. The van der Waals surface area contributed by atoms with Crippen molar-refractivity contribution in [2.24, 2.45) is 0 Å². The number of hydrogen-bond donors (Lipinski definition) is 1. The third kappa shape index (κ3) is 3.21. The molecule has 0 spiro atoms. The van der Waals surface area contributed by atoms with Gasteiger partial charge in [-0.05, 0) is 13.0 Å². The van der Waals surface area contributed by atoms with Gasteiger partial charge in [0.1, 0.15) is 5.56 Å². The highest BCUT2D eigenvalue weighted by Crippen LogP contribution is 2.20. The summed E-state index contributed by atoms with van der Waals surface area (Å²) in [6.07, 6.45) is 2.97. The normalized spacial score (nSPS) is 12.7. The molecule has 3 heterocycles. The van der Waals surface area contributed by atoms with Crippen LogP contribution in [0.1, 0.15) is 22.8 Å². The monoisotopic (exact) mass is 332 g/mol. The summed E-state index contributed by atoms with van der Waals surface area (Å²) in [5.41, 5.74) is 0.513. The molecule has 0 aromatic carbocycles. The lowest BCUT2D eigenvalue weighted by molar-refractivity contribution is 0.0947. The number of amides is 1. The highest BCUT2D eigenvalue weighted by molar-refractivity contribution is 7.99. The molecule has 0 fully saturated rings. The fourth-order valence-corrected chi connectivity index (χ4v) is 3.18. The lowest BCUT2D eigenvalue weighted by Gasteiger charge is -2.10. The Bertz CT molecular complexity index is 791. The molecule has 0 saturated carbocycles. The maximum Gasteiger partial charge on any atom is 0.267 e. The van der Waals surface area contributed by atoms with Gasteiger partial charge in [-0.1, -0.05) is 17.8 Å². The van der Waals surface area contributed by atoms with Crippen LogP contribution in [0.5, 0.6) is 5.88 Å². The van der Waals surface area contributed by atoms with Crippen LogP contribution in [0.4, 0.5) is 0 Å². The summed E-state index contributed by atoms with van der Waals surface area (Å²) in [4.78, 5) is 32.9. The van der Waals surface area contributed by atoms with Crippen LogP contribution in [0.2, 0.25) is 0 Å². The van der Waals surface area contributed by atoms with Crippen molar-refractivity contribution < 1.29 is 9.53 Å². The molecule has 1 amide bonds. The van der Waals surface area contributed by atoms with Crippen LogP contribution in [-0.4, -0.2) is 32.8 Å². The number of pyridine rings is 1.